The highest BCUT2D eigenvalue weighted by molar-refractivity contribution is 6.04. The van der Waals surface area contributed by atoms with Gasteiger partial charge in [-0.1, -0.05) is 6.92 Å². The monoisotopic (exact) mass is 255 g/mol. The maximum atomic E-state index is 12.1. The third-order valence-electron chi connectivity index (χ3n) is 2.95. The van der Waals surface area contributed by atoms with Crippen molar-refractivity contribution in [2.45, 2.75) is 13.3 Å². The van der Waals surface area contributed by atoms with Crippen LogP contribution in [0, 0.1) is 0 Å². The van der Waals surface area contributed by atoms with Crippen molar-refractivity contribution in [3.63, 3.8) is 0 Å². The van der Waals surface area contributed by atoms with Crippen molar-refractivity contribution in [3.8, 4) is 0 Å². The summed E-state index contributed by atoms with van der Waals surface area (Å²) in [6.45, 7) is 2.01. The number of nitrogens with one attached hydrogen (secondary N) is 1. The van der Waals surface area contributed by atoms with E-state index in [4.69, 9.17) is 11.5 Å². The number of hydrogen-bond donors (Lipinski definition) is 3. The van der Waals surface area contributed by atoms with Gasteiger partial charge >= 0.3 is 0 Å². The Balaban J connectivity index is 2.18. The Hall–Kier alpha value is -2.49. The molecule has 0 heterocycles. The van der Waals surface area contributed by atoms with E-state index in [0.717, 1.165) is 12.0 Å². The Kier molecular flexibility index (Phi) is 3.71. The number of carbonyl (C=O) groups is 1. The first kappa shape index (κ1) is 13.0. The van der Waals surface area contributed by atoms with Crippen LogP contribution >= 0.6 is 0 Å². The molecule has 19 heavy (non-hydrogen) atoms. The SMILES string of the molecule is CCc1cc(C(=O)Nc2ccc(N)cc2)ccc1N. The van der Waals surface area contributed by atoms with Gasteiger partial charge in [0, 0.05) is 22.6 Å². The Labute approximate surface area is 112 Å². The average molecular weight is 255 g/mol. The van der Waals surface area contributed by atoms with Crippen LogP contribution in [0.1, 0.15) is 22.8 Å². The zero-order valence-corrected chi connectivity index (χ0v) is 10.8. The number of hydrogen-bond acceptors (Lipinski definition) is 3. The molecule has 1 amide bonds. The summed E-state index contributed by atoms with van der Waals surface area (Å²) in [7, 11) is 0. The predicted molar refractivity (Wildman–Crippen MR) is 79.0 cm³/mol. The van der Waals surface area contributed by atoms with Gasteiger partial charge in [0.05, 0.1) is 0 Å². The fraction of sp³-hybridized carbons (Fsp3) is 0.133. The molecule has 0 bridgehead atoms. The fourth-order valence-corrected chi connectivity index (χ4v) is 1.82. The van der Waals surface area contributed by atoms with E-state index >= 15 is 0 Å². The number of nitrogen functional groups attached to an aromatic ring is 2. The van der Waals surface area contributed by atoms with Crippen LogP contribution in [0.3, 0.4) is 0 Å². The standard InChI is InChI=1S/C15H17N3O/c1-2-10-9-11(3-8-14(10)17)15(19)18-13-6-4-12(16)5-7-13/h3-9H,2,16-17H2,1H3,(H,18,19). The highest BCUT2D eigenvalue weighted by Gasteiger charge is 2.08. The maximum Gasteiger partial charge on any atom is 0.255 e. The molecule has 0 unspecified atom stereocenters. The van der Waals surface area contributed by atoms with Crippen LogP contribution in [0.25, 0.3) is 0 Å². The lowest BCUT2D eigenvalue weighted by atomic mass is 10.1. The van der Waals surface area contributed by atoms with E-state index in [-0.39, 0.29) is 5.91 Å². The Morgan fingerprint density at radius 1 is 1.11 bits per heavy atom. The molecule has 0 spiro atoms. The molecule has 0 saturated heterocycles. The second-order valence-electron chi connectivity index (χ2n) is 4.34. The molecular formula is C15H17N3O. The zero-order chi connectivity index (χ0) is 13.8. The minimum Gasteiger partial charge on any atom is -0.399 e. The molecule has 0 aliphatic carbocycles. The number of carbonyl (C=O) groups excluding carboxylic acids is 1. The molecular weight excluding hydrogens is 238 g/mol. The molecule has 5 N–H and O–H groups in total. The van der Waals surface area contributed by atoms with Gasteiger partial charge in [-0.05, 0) is 54.4 Å². The van der Waals surface area contributed by atoms with Crippen LogP contribution in [-0.4, -0.2) is 5.91 Å². The van der Waals surface area contributed by atoms with Crippen LogP contribution in [0.4, 0.5) is 17.1 Å². The van der Waals surface area contributed by atoms with Gasteiger partial charge in [0.2, 0.25) is 0 Å². The van der Waals surface area contributed by atoms with Gasteiger partial charge < -0.3 is 16.8 Å². The first-order valence-corrected chi connectivity index (χ1v) is 6.15. The minimum atomic E-state index is -0.153. The smallest absolute Gasteiger partial charge is 0.255 e. The van der Waals surface area contributed by atoms with Crippen LogP contribution in [-0.2, 0) is 6.42 Å². The van der Waals surface area contributed by atoms with E-state index in [2.05, 4.69) is 5.32 Å². The van der Waals surface area contributed by atoms with Crippen molar-refractivity contribution in [2.24, 2.45) is 0 Å². The van der Waals surface area contributed by atoms with E-state index in [1.165, 1.54) is 0 Å². The molecule has 4 heteroatoms. The van der Waals surface area contributed by atoms with Crippen LogP contribution in [0.2, 0.25) is 0 Å². The summed E-state index contributed by atoms with van der Waals surface area (Å²) < 4.78 is 0. The lowest BCUT2D eigenvalue weighted by Crippen LogP contribution is -2.12. The van der Waals surface area contributed by atoms with Gasteiger partial charge in [-0.25, -0.2) is 0 Å². The molecule has 2 aromatic rings. The molecule has 0 aromatic heterocycles. The molecule has 2 rings (SSSR count). The number of rotatable bonds is 3. The van der Waals surface area contributed by atoms with E-state index in [9.17, 15) is 4.79 Å². The van der Waals surface area contributed by atoms with E-state index in [1.807, 2.05) is 13.0 Å². The Bertz CT molecular complexity index is 591. The van der Waals surface area contributed by atoms with E-state index < -0.39 is 0 Å². The summed E-state index contributed by atoms with van der Waals surface area (Å²) in [5.41, 5.74) is 15.1. The summed E-state index contributed by atoms with van der Waals surface area (Å²) in [5, 5.41) is 2.82. The lowest BCUT2D eigenvalue weighted by Gasteiger charge is -2.08. The van der Waals surface area contributed by atoms with E-state index in [0.29, 0.717) is 22.6 Å². The van der Waals surface area contributed by atoms with Gasteiger partial charge in [-0.3, -0.25) is 4.79 Å². The lowest BCUT2D eigenvalue weighted by molar-refractivity contribution is 0.102. The molecule has 0 fully saturated rings. The van der Waals surface area contributed by atoms with Crippen molar-refractivity contribution < 1.29 is 4.79 Å². The summed E-state index contributed by atoms with van der Waals surface area (Å²) >= 11 is 0. The Morgan fingerprint density at radius 3 is 2.42 bits per heavy atom. The maximum absolute atomic E-state index is 12.1. The van der Waals surface area contributed by atoms with Gasteiger partial charge in [0.25, 0.3) is 5.91 Å². The fourth-order valence-electron chi connectivity index (χ4n) is 1.82. The molecule has 98 valence electrons. The zero-order valence-electron chi connectivity index (χ0n) is 10.8. The topological polar surface area (TPSA) is 81.1 Å². The number of anilines is 3. The van der Waals surface area contributed by atoms with Crippen molar-refractivity contribution in [1.29, 1.82) is 0 Å². The largest absolute Gasteiger partial charge is 0.399 e. The van der Waals surface area contributed by atoms with Crippen molar-refractivity contribution >= 4 is 23.0 Å². The van der Waals surface area contributed by atoms with Crippen molar-refractivity contribution in [3.05, 3.63) is 53.6 Å². The normalized spacial score (nSPS) is 10.2. The predicted octanol–water partition coefficient (Wildman–Crippen LogP) is 2.67. The summed E-state index contributed by atoms with van der Waals surface area (Å²) in [5.74, 6) is -0.153. The van der Waals surface area contributed by atoms with Gasteiger partial charge in [-0.15, -0.1) is 0 Å². The van der Waals surface area contributed by atoms with Gasteiger partial charge in [0.15, 0.2) is 0 Å². The molecule has 0 aliphatic heterocycles. The average Bonchev–Trinajstić information content (AvgIpc) is 2.42. The second-order valence-corrected chi connectivity index (χ2v) is 4.34. The third-order valence-corrected chi connectivity index (χ3v) is 2.95. The quantitative estimate of drug-likeness (QED) is 0.737. The van der Waals surface area contributed by atoms with Gasteiger partial charge in [0.1, 0.15) is 0 Å². The number of nitrogens with two attached hydrogens (primary N) is 2. The summed E-state index contributed by atoms with van der Waals surface area (Å²) in [4.78, 5) is 12.1. The highest BCUT2D eigenvalue weighted by atomic mass is 16.1. The first-order chi connectivity index (χ1) is 9.10. The second kappa shape index (κ2) is 5.44. The molecule has 0 atom stereocenters. The molecule has 4 nitrogen and oxygen atoms in total. The molecule has 0 saturated carbocycles. The number of amides is 1. The minimum absolute atomic E-state index is 0.153. The van der Waals surface area contributed by atoms with Crippen LogP contribution < -0.4 is 16.8 Å². The van der Waals surface area contributed by atoms with Crippen molar-refractivity contribution in [1.82, 2.24) is 0 Å². The van der Waals surface area contributed by atoms with Crippen molar-refractivity contribution in [2.75, 3.05) is 16.8 Å². The van der Waals surface area contributed by atoms with Crippen LogP contribution in [0.5, 0.6) is 0 Å². The molecule has 0 aliphatic rings. The first-order valence-electron chi connectivity index (χ1n) is 6.15. The van der Waals surface area contributed by atoms with Crippen LogP contribution in [0.15, 0.2) is 42.5 Å². The van der Waals surface area contributed by atoms with E-state index in [1.54, 1.807) is 36.4 Å². The molecule has 2 aromatic carbocycles. The summed E-state index contributed by atoms with van der Waals surface area (Å²) in [6, 6.07) is 12.3. The number of aryl methyl sites for hydroxylation is 1. The third kappa shape index (κ3) is 3.04. The molecule has 0 radical (unpaired) electrons. The van der Waals surface area contributed by atoms with Gasteiger partial charge in [-0.2, -0.15) is 0 Å². The highest BCUT2D eigenvalue weighted by Crippen LogP contribution is 2.17. The summed E-state index contributed by atoms with van der Waals surface area (Å²) in [6.07, 6.45) is 0.800. The number of benzene rings is 2. The Morgan fingerprint density at radius 2 is 1.79 bits per heavy atom.